The molecule has 0 aromatic heterocycles. The minimum atomic E-state index is -1.66. The molecule has 0 unspecified atom stereocenters. The zero-order valence-corrected chi connectivity index (χ0v) is 16.7. The Labute approximate surface area is 169 Å². The van der Waals surface area contributed by atoms with E-state index in [1.165, 1.54) is 37.8 Å². The maximum atomic E-state index is 14.6. The average molecular weight is 410 g/mol. The van der Waals surface area contributed by atoms with E-state index in [1.807, 2.05) is 0 Å². The Morgan fingerprint density at radius 1 is 0.724 bits per heavy atom. The van der Waals surface area contributed by atoms with Crippen LogP contribution < -0.4 is 0 Å². The van der Waals surface area contributed by atoms with E-state index in [9.17, 15) is 22.0 Å². The predicted molar refractivity (Wildman–Crippen MR) is 105 cm³/mol. The highest BCUT2D eigenvalue weighted by Gasteiger charge is 2.23. The van der Waals surface area contributed by atoms with Gasteiger partial charge in [0.25, 0.3) is 0 Å². The van der Waals surface area contributed by atoms with E-state index >= 15 is 0 Å². The number of benzene rings is 2. The molecule has 1 aliphatic carbocycles. The van der Waals surface area contributed by atoms with E-state index in [2.05, 4.69) is 6.92 Å². The lowest BCUT2D eigenvalue weighted by Crippen LogP contribution is -2.16. The van der Waals surface area contributed by atoms with Crippen LogP contribution in [0, 0.1) is 40.9 Å². The summed E-state index contributed by atoms with van der Waals surface area (Å²) in [5.74, 6) is -5.23. The second-order valence-electron chi connectivity index (χ2n) is 8.27. The van der Waals surface area contributed by atoms with E-state index in [4.69, 9.17) is 0 Å². The van der Waals surface area contributed by atoms with Crippen molar-refractivity contribution >= 4 is 0 Å². The van der Waals surface area contributed by atoms with Crippen LogP contribution in [0.5, 0.6) is 0 Å². The molecule has 1 saturated carbocycles. The maximum absolute atomic E-state index is 14.6. The summed E-state index contributed by atoms with van der Waals surface area (Å²) in [5, 5.41) is 0. The molecular weight excluding hydrogens is 383 g/mol. The fourth-order valence-corrected chi connectivity index (χ4v) is 4.46. The van der Waals surface area contributed by atoms with E-state index in [-0.39, 0.29) is 5.56 Å². The van der Waals surface area contributed by atoms with Crippen molar-refractivity contribution < 1.29 is 22.0 Å². The molecule has 0 amide bonds. The highest BCUT2D eigenvalue weighted by atomic mass is 19.2. The molecule has 0 bridgehead atoms. The summed E-state index contributed by atoms with van der Waals surface area (Å²) in [6.45, 7) is 2.20. The molecule has 1 aliphatic rings. The van der Waals surface area contributed by atoms with Gasteiger partial charge < -0.3 is 0 Å². The topological polar surface area (TPSA) is 0 Å². The summed E-state index contributed by atoms with van der Waals surface area (Å²) in [6, 6.07) is 3.68. The lowest BCUT2D eigenvalue weighted by molar-refractivity contribution is 0.257. The van der Waals surface area contributed by atoms with Gasteiger partial charge in [-0.25, -0.2) is 22.0 Å². The second kappa shape index (κ2) is 9.73. The lowest BCUT2D eigenvalue weighted by atomic mass is 9.77. The van der Waals surface area contributed by atoms with Gasteiger partial charge in [-0.2, -0.15) is 0 Å². The van der Waals surface area contributed by atoms with Crippen molar-refractivity contribution in [3.8, 4) is 11.1 Å². The Morgan fingerprint density at radius 2 is 1.28 bits per heavy atom. The highest BCUT2D eigenvalue weighted by Crippen LogP contribution is 2.35. The highest BCUT2D eigenvalue weighted by molar-refractivity contribution is 5.65. The van der Waals surface area contributed by atoms with Gasteiger partial charge in [0, 0.05) is 0 Å². The van der Waals surface area contributed by atoms with Crippen LogP contribution in [0.3, 0.4) is 0 Å². The van der Waals surface area contributed by atoms with Crippen LogP contribution in [-0.2, 0) is 6.42 Å². The minimum absolute atomic E-state index is 0.351. The molecule has 0 saturated heterocycles. The first-order valence-corrected chi connectivity index (χ1v) is 10.5. The molecule has 0 atom stereocenters. The van der Waals surface area contributed by atoms with Gasteiger partial charge >= 0.3 is 0 Å². The molecular formula is C24H27F5. The van der Waals surface area contributed by atoms with Crippen LogP contribution in [0.2, 0.25) is 0 Å². The summed E-state index contributed by atoms with van der Waals surface area (Å²) in [5.41, 5.74) is -0.344. The van der Waals surface area contributed by atoms with Crippen LogP contribution in [-0.4, -0.2) is 0 Å². The third kappa shape index (κ3) is 5.37. The third-order valence-corrected chi connectivity index (χ3v) is 6.08. The van der Waals surface area contributed by atoms with Gasteiger partial charge in [-0.05, 0) is 66.5 Å². The first kappa shape index (κ1) is 21.8. The largest absolute Gasteiger partial charge is 0.206 e. The van der Waals surface area contributed by atoms with Crippen molar-refractivity contribution in [1.29, 1.82) is 0 Å². The second-order valence-corrected chi connectivity index (χ2v) is 8.27. The number of halogens is 5. The molecule has 0 heterocycles. The molecule has 158 valence electrons. The standard InChI is InChI=1S/C24H27F5/c1-2-3-4-5-15-6-8-16(9-7-15)10-17-11-19(25)23(20(26)12-17)18-13-21(27)24(29)22(28)14-18/h11-16H,2-10H2,1H3. The van der Waals surface area contributed by atoms with E-state index in [0.717, 1.165) is 31.6 Å². The van der Waals surface area contributed by atoms with E-state index in [1.54, 1.807) is 0 Å². The monoisotopic (exact) mass is 410 g/mol. The van der Waals surface area contributed by atoms with Gasteiger partial charge in [0.15, 0.2) is 17.5 Å². The van der Waals surface area contributed by atoms with E-state index in [0.29, 0.717) is 30.0 Å². The fraction of sp³-hybridized carbons (Fsp3) is 0.500. The summed E-state index contributed by atoms with van der Waals surface area (Å²) in [7, 11) is 0. The van der Waals surface area contributed by atoms with Crippen LogP contribution in [0.15, 0.2) is 24.3 Å². The third-order valence-electron chi connectivity index (χ3n) is 6.08. The van der Waals surface area contributed by atoms with E-state index < -0.39 is 34.6 Å². The SMILES string of the molecule is CCCCCC1CCC(Cc2cc(F)c(-c3cc(F)c(F)c(F)c3)c(F)c2)CC1. The van der Waals surface area contributed by atoms with Crippen molar-refractivity contribution in [1.82, 2.24) is 0 Å². The Kier molecular flexibility index (Phi) is 7.31. The molecule has 5 heteroatoms. The average Bonchev–Trinajstić information content (AvgIpc) is 2.67. The summed E-state index contributed by atoms with van der Waals surface area (Å²) >= 11 is 0. The molecule has 3 rings (SSSR count). The van der Waals surface area contributed by atoms with Crippen LogP contribution in [0.4, 0.5) is 22.0 Å². The number of hydrogen-bond donors (Lipinski definition) is 0. The maximum Gasteiger partial charge on any atom is 0.194 e. The number of rotatable bonds is 7. The van der Waals surface area contributed by atoms with Crippen LogP contribution in [0.25, 0.3) is 11.1 Å². The molecule has 0 aliphatic heterocycles. The molecule has 0 nitrogen and oxygen atoms in total. The molecule has 1 fully saturated rings. The van der Waals surface area contributed by atoms with Crippen molar-refractivity contribution in [2.75, 3.05) is 0 Å². The predicted octanol–water partition coefficient (Wildman–Crippen LogP) is 7.98. The Hall–Kier alpha value is -1.91. The Bertz CT molecular complexity index is 791. The summed E-state index contributed by atoms with van der Waals surface area (Å²) in [6.07, 6.45) is 10.0. The fourth-order valence-electron chi connectivity index (χ4n) is 4.46. The van der Waals surface area contributed by atoms with Gasteiger partial charge in [-0.1, -0.05) is 45.4 Å². The first-order valence-electron chi connectivity index (χ1n) is 10.5. The van der Waals surface area contributed by atoms with Crippen molar-refractivity contribution in [2.24, 2.45) is 11.8 Å². The van der Waals surface area contributed by atoms with Crippen LogP contribution >= 0.6 is 0 Å². The van der Waals surface area contributed by atoms with Gasteiger partial charge in [-0.3, -0.25) is 0 Å². The normalized spacial score (nSPS) is 19.5. The quantitative estimate of drug-likeness (QED) is 0.247. The van der Waals surface area contributed by atoms with Gasteiger partial charge in [0.1, 0.15) is 11.6 Å². The molecule has 0 N–H and O–H groups in total. The summed E-state index contributed by atoms with van der Waals surface area (Å²) in [4.78, 5) is 0. The Morgan fingerprint density at radius 3 is 1.83 bits per heavy atom. The number of hydrogen-bond acceptors (Lipinski definition) is 0. The Balaban J connectivity index is 1.68. The molecule has 29 heavy (non-hydrogen) atoms. The van der Waals surface area contributed by atoms with Gasteiger partial charge in [-0.15, -0.1) is 0 Å². The smallest absolute Gasteiger partial charge is 0.194 e. The zero-order chi connectivity index (χ0) is 21.0. The first-order chi connectivity index (χ1) is 13.9. The van der Waals surface area contributed by atoms with Crippen molar-refractivity contribution in [3.63, 3.8) is 0 Å². The molecule has 2 aromatic carbocycles. The van der Waals surface area contributed by atoms with Gasteiger partial charge in [0.05, 0.1) is 5.56 Å². The molecule has 0 spiro atoms. The van der Waals surface area contributed by atoms with Crippen LogP contribution in [0.1, 0.15) is 63.9 Å². The van der Waals surface area contributed by atoms with Crippen molar-refractivity contribution in [2.45, 2.75) is 64.7 Å². The zero-order valence-electron chi connectivity index (χ0n) is 16.7. The minimum Gasteiger partial charge on any atom is -0.206 e. The molecule has 0 radical (unpaired) electrons. The summed E-state index contributed by atoms with van der Waals surface area (Å²) < 4.78 is 69.2. The van der Waals surface area contributed by atoms with Gasteiger partial charge in [0.2, 0.25) is 0 Å². The number of unbranched alkanes of at least 4 members (excludes halogenated alkanes) is 2. The molecule has 2 aromatic rings. The van der Waals surface area contributed by atoms with Crippen molar-refractivity contribution in [3.05, 3.63) is 58.9 Å². The lowest BCUT2D eigenvalue weighted by Gasteiger charge is -2.28.